The number of carbonyl (C=O) groups is 1. The van der Waals surface area contributed by atoms with E-state index in [0.29, 0.717) is 24.5 Å². The van der Waals surface area contributed by atoms with Crippen LogP contribution in [0.1, 0.15) is 49.7 Å². The lowest BCUT2D eigenvalue weighted by Crippen LogP contribution is -2.38. The topological polar surface area (TPSA) is 66.8 Å². The monoisotopic (exact) mass is 528 g/mol. The highest BCUT2D eigenvalue weighted by atomic mass is 32.2. The van der Waals surface area contributed by atoms with Crippen molar-refractivity contribution >= 4 is 38.4 Å². The predicted octanol–water partition coefficient (Wildman–Crippen LogP) is 5.30. The average Bonchev–Trinajstić information content (AvgIpc) is 3.39. The first kappa shape index (κ1) is 25.3. The Balaban J connectivity index is 1.71. The van der Waals surface area contributed by atoms with Crippen LogP contribution in [-0.2, 0) is 27.0 Å². The van der Waals surface area contributed by atoms with Gasteiger partial charge in [-0.15, -0.1) is 0 Å². The first-order valence-corrected chi connectivity index (χ1v) is 13.5. The van der Waals surface area contributed by atoms with Crippen molar-refractivity contribution in [2.75, 3.05) is 16.4 Å². The molecular weight excluding hydrogens is 506 g/mol. The number of anilines is 1. The maximum absolute atomic E-state index is 13.4. The van der Waals surface area contributed by atoms with Crippen LogP contribution in [-0.4, -0.2) is 42.3 Å². The number of alkyl halides is 6. The van der Waals surface area contributed by atoms with Gasteiger partial charge in [0.15, 0.2) is 15.0 Å². The van der Waals surface area contributed by atoms with Crippen molar-refractivity contribution in [3.63, 3.8) is 0 Å². The molecule has 2 aliphatic heterocycles. The minimum Gasteiger partial charge on any atom is -0.316 e. The molecule has 34 heavy (non-hydrogen) atoms. The minimum absolute atomic E-state index is 0.0131. The fraction of sp³-hybridized carbons (Fsp3) is 0.619. The predicted molar refractivity (Wildman–Crippen MR) is 116 cm³/mol. The molecule has 13 heteroatoms. The van der Waals surface area contributed by atoms with Crippen LogP contribution in [0, 0.1) is 5.92 Å². The molecule has 2 atom stereocenters. The summed E-state index contributed by atoms with van der Waals surface area (Å²) < 4.78 is 105. The van der Waals surface area contributed by atoms with E-state index in [1.165, 1.54) is 0 Å². The molecule has 0 radical (unpaired) electrons. The number of fused-ring (bicyclic) bond motifs is 1. The smallest absolute Gasteiger partial charge is 0.316 e. The van der Waals surface area contributed by atoms with E-state index in [2.05, 4.69) is 4.99 Å². The number of benzene rings is 1. The molecule has 2 heterocycles. The fourth-order valence-electron chi connectivity index (χ4n) is 4.73. The number of carbonyl (C=O) groups excluding carboxylic acids is 1. The second kappa shape index (κ2) is 9.03. The fourth-order valence-corrected chi connectivity index (χ4v) is 8.66. The number of rotatable bonds is 4. The van der Waals surface area contributed by atoms with Crippen LogP contribution in [0.2, 0.25) is 0 Å². The summed E-state index contributed by atoms with van der Waals surface area (Å²) in [6.45, 7) is 0. The minimum atomic E-state index is -5.06. The van der Waals surface area contributed by atoms with Gasteiger partial charge in [0.25, 0.3) is 0 Å². The van der Waals surface area contributed by atoms with E-state index < -0.39 is 62.0 Å². The van der Waals surface area contributed by atoms with Crippen molar-refractivity contribution in [2.24, 2.45) is 10.9 Å². The van der Waals surface area contributed by atoms with Gasteiger partial charge >= 0.3 is 12.4 Å². The van der Waals surface area contributed by atoms with Crippen molar-refractivity contribution in [1.29, 1.82) is 0 Å². The van der Waals surface area contributed by atoms with Crippen LogP contribution in [0.4, 0.5) is 32.0 Å². The summed E-state index contributed by atoms with van der Waals surface area (Å²) in [4.78, 5) is 17.6. The molecule has 1 aromatic rings. The third-order valence-electron chi connectivity index (χ3n) is 6.38. The Morgan fingerprint density at radius 3 is 2.15 bits per heavy atom. The van der Waals surface area contributed by atoms with Crippen LogP contribution >= 0.6 is 11.8 Å². The highest BCUT2D eigenvalue weighted by molar-refractivity contribution is 8.16. The molecule has 0 aromatic heterocycles. The van der Waals surface area contributed by atoms with Crippen LogP contribution in [0.15, 0.2) is 23.2 Å². The van der Waals surface area contributed by atoms with Crippen LogP contribution in [0.3, 0.4) is 0 Å². The number of hydrogen-bond donors (Lipinski definition) is 0. The van der Waals surface area contributed by atoms with Crippen molar-refractivity contribution < 1.29 is 39.6 Å². The van der Waals surface area contributed by atoms with Crippen molar-refractivity contribution in [3.8, 4) is 0 Å². The molecule has 188 valence electrons. The second-order valence-corrected chi connectivity index (χ2v) is 12.3. The average molecular weight is 529 g/mol. The van der Waals surface area contributed by atoms with Crippen LogP contribution in [0.25, 0.3) is 0 Å². The number of aliphatic imine (C=N–C) groups is 1. The lowest BCUT2D eigenvalue weighted by molar-refractivity contribution is -0.143. The Bertz CT molecular complexity index is 1060. The molecule has 0 bridgehead atoms. The van der Waals surface area contributed by atoms with Crippen LogP contribution in [0.5, 0.6) is 0 Å². The normalized spacial score (nSPS) is 26.4. The van der Waals surface area contributed by atoms with Gasteiger partial charge in [0.1, 0.15) is 0 Å². The van der Waals surface area contributed by atoms with Gasteiger partial charge in [0.05, 0.1) is 28.7 Å². The number of amides is 1. The highest BCUT2D eigenvalue weighted by Gasteiger charge is 2.50. The van der Waals surface area contributed by atoms with Gasteiger partial charge in [0.2, 0.25) is 5.91 Å². The Kier molecular flexibility index (Phi) is 6.73. The second-order valence-electron chi connectivity index (χ2n) is 8.91. The largest absolute Gasteiger partial charge is 0.416 e. The van der Waals surface area contributed by atoms with E-state index in [1.54, 1.807) is 0 Å². The van der Waals surface area contributed by atoms with Gasteiger partial charge in [-0.05, 0) is 30.5 Å². The summed E-state index contributed by atoms with van der Waals surface area (Å²) in [6, 6.07) is 0.184. The van der Waals surface area contributed by atoms with E-state index in [9.17, 15) is 39.6 Å². The Hall–Kier alpha value is -1.76. The number of amidine groups is 1. The van der Waals surface area contributed by atoms with E-state index in [-0.39, 0.29) is 23.4 Å². The summed E-state index contributed by atoms with van der Waals surface area (Å²) in [5.41, 5.74) is -3.52. The summed E-state index contributed by atoms with van der Waals surface area (Å²) in [7, 11) is -3.54. The molecule has 5 nitrogen and oxygen atoms in total. The molecule has 0 unspecified atom stereocenters. The standard InChI is InChI=1S/C21H22F6N2O3S2/c22-20(23,24)13-7-14(21(25,26)27)9-15(8-13)29-16-10-34(31,32)11-17(16)33-19(29)28-18(30)6-5-12-3-1-2-4-12/h7-9,12,16-17H,1-6,10-11H2/t16-,17-/m1/s1. The number of halogens is 6. The van der Waals surface area contributed by atoms with Crippen LogP contribution < -0.4 is 4.90 Å². The molecule has 1 amide bonds. The molecule has 3 aliphatic rings. The molecule has 1 aromatic carbocycles. The summed E-state index contributed by atoms with van der Waals surface area (Å²) in [5, 5.41) is -0.705. The summed E-state index contributed by atoms with van der Waals surface area (Å²) in [6.07, 6.45) is -5.18. The SMILES string of the molecule is O=C(CCC1CCCC1)N=C1S[C@@H]2CS(=O)(=O)C[C@H]2N1c1cc(C(F)(F)F)cc(C(F)(F)F)c1. The first-order valence-electron chi connectivity index (χ1n) is 10.8. The molecule has 0 N–H and O–H groups in total. The van der Waals surface area contributed by atoms with E-state index in [0.717, 1.165) is 42.3 Å². The summed E-state index contributed by atoms with van der Waals surface area (Å²) >= 11 is 0.913. The zero-order valence-corrected chi connectivity index (χ0v) is 19.5. The Morgan fingerprint density at radius 1 is 1.00 bits per heavy atom. The molecule has 1 saturated carbocycles. The zero-order chi connectivity index (χ0) is 24.9. The van der Waals surface area contributed by atoms with Crippen molar-refractivity contribution in [3.05, 3.63) is 29.3 Å². The number of sulfone groups is 1. The summed E-state index contributed by atoms with van der Waals surface area (Å²) in [5.74, 6) is -0.861. The van der Waals surface area contributed by atoms with Gasteiger partial charge in [0, 0.05) is 17.4 Å². The number of hydrogen-bond acceptors (Lipinski definition) is 4. The molecular formula is C21H22F6N2O3S2. The van der Waals surface area contributed by atoms with E-state index >= 15 is 0 Å². The van der Waals surface area contributed by atoms with E-state index in [4.69, 9.17) is 0 Å². The van der Waals surface area contributed by atoms with Gasteiger partial charge in [-0.2, -0.15) is 31.3 Å². The van der Waals surface area contributed by atoms with Crippen molar-refractivity contribution in [2.45, 2.75) is 62.2 Å². The van der Waals surface area contributed by atoms with Gasteiger partial charge < -0.3 is 4.90 Å². The first-order chi connectivity index (χ1) is 15.7. The quantitative estimate of drug-likeness (QED) is 0.497. The molecule has 3 fully saturated rings. The third-order valence-corrected chi connectivity index (χ3v) is 9.59. The zero-order valence-electron chi connectivity index (χ0n) is 17.8. The van der Waals surface area contributed by atoms with E-state index in [1.807, 2.05) is 0 Å². The van der Waals surface area contributed by atoms with Gasteiger partial charge in [-0.1, -0.05) is 37.4 Å². The third kappa shape index (κ3) is 5.55. The van der Waals surface area contributed by atoms with Crippen molar-refractivity contribution in [1.82, 2.24) is 0 Å². The number of thioether (sulfide) groups is 1. The molecule has 4 rings (SSSR count). The van der Waals surface area contributed by atoms with Gasteiger partial charge in [-0.3, -0.25) is 4.79 Å². The Labute approximate surface area is 196 Å². The molecule has 2 saturated heterocycles. The number of nitrogens with zero attached hydrogens (tertiary/aromatic N) is 2. The highest BCUT2D eigenvalue weighted by Crippen LogP contribution is 2.44. The maximum atomic E-state index is 13.4. The van der Waals surface area contributed by atoms with Gasteiger partial charge in [-0.25, -0.2) is 8.42 Å². The molecule has 0 spiro atoms. The lowest BCUT2D eigenvalue weighted by Gasteiger charge is -2.26. The Morgan fingerprint density at radius 2 is 1.59 bits per heavy atom. The maximum Gasteiger partial charge on any atom is 0.416 e. The molecule has 1 aliphatic carbocycles. The lowest BCUT2D eigenvalue weighted by atomic mass is 10.0.